The number of aryl methyl sites for hydroxylation is 1. The van der Waals surface area contributed by atoms with E-state index in [1.807, 2.05) is 0 Å². The van der Waals surface area contributed by atoms with Gasteiger partial charge in [0.15, 0.2) is 5.82 Å². The second-order valence-electron chi connectivity index (χ2n) is 7.51. The summed E-state index contributed by atoms with van der Waals surface area (Å²) in [4.78, 5) is 12.8. The van der Waals surface area contributed by atoms with Gasteiger partial charge in [0.05, 0.1) is 11.4 Å². The van der Waals surface area contributed by atoms with Gasteiger partial charge in [-0.05, 0) is 43.0 Å². The fourth-order valence-corrected chi connectivity index (χ4v) is 4.76. The van der Waals surface area contributed by atoms with Crippen LogP contribution in [0.2, 0.25) is 5.02 Å². The lowest BCUT2D eigenvalue weighted by atomic mass is 10.1. The highest BCUT2D eigenvalue weighted by atomic mass is 35.5. The molecular formula is C19H26ClN5O3S. The topological polar surface area (TPSA) is 106 Å². The third-order valence-electron chi connectivity index (χ3n) is 4.96. The average Bonchev–Trinajstić information content (AvgIpc) is 2.90. The van der Waals surface area contributed by atoms with E-state index in [1.54, 1.807) is 13.8 Å². The third kappa shape index (κ3) is 5.34. The lowest BCUT2D eigenvalue weighted by molar-refractivity contribution is -0.123. The molecule has 0 fully saturated rings. The van der Waals surface area contributed by atoms with Gasteiger partial charge in [-0.15, -0.1) is 10.2 Å². The summed E-state index contributed by atoms with van der Waals surface area (Å²) in [6.07, 6.45) is 4.18. The molecule has 1 amide bonds. The van der Waals surface area contributed by atoms with Crippen LogP contribution in [0, 0.1) is 5.92 Å². The van der Waals surface area contributed by atoms with Crippen molar-refractivity contribution in [2.45, 2.75) is 63.6 Å². The zero-order chi connectivity index (χ0) is 21.0. The largest absolute Gasteiger partial charge is 0.347 e. The molecule has 8 nitrogen and oxygen atoms in total. The number of carbonyl (C=O) groups excluding carboxylic acids is 1. The molecule has 158 valence electrons. The molecule has 0 spiro atoms. The molecule has 0 bridgehead atoms. The second-order valence-corrected chi connectivity index (χ2v) is 9.66. The van der Waals surface area contributed by atoms with E-state index in [2.05, 4.69) is 24.8 Å². The number of halogens is 1. The van der Waals surface area contributed by atoms with Crippen LogP contribution in [-0.4, -0.2) is 35.1 Å². The summed E-state index contributed by atoms with van der Waals surface area (Å²) in [6.45, 7) is 4.62. The van der Waals surface area contributed by atoms with Crippen LogP contribution < -0.4 is 10.0 Å². The van der Waals surface area contributed by atoms with Gasteiger partial charge in [0, 0.05) is 18.0 Å². The Morgan fingerprint density at radius 1 is 1.17 bits per heavy atom. The van der Waals surface area contributed by atoms with Crippen LogP contribution in [0.3, 0.4) is 0 Å². The van der Waals surface area contributed by atoms with Crippen LogP contribution in [0.5, 0.6) is 0 Å². The summed E-state index contributed by atoms with van der Waals surface area (Å²) in [7, 11) is -3.86. The minimum Gasteiger partial charge on any atom is -0.347 e. The molecule has 0 saturated carbocycles. The number of nitrogens with one attached hydrogen (secondary N) is 2. The molecule has 1 aliphatic rings. The zero-order valence-electron chi connectivity index (χ0n) is 16.6. The van der Waals surface area contributed by atoms with E-state index in [-0.39, 0.29) is 17.4 Å². The highest BCUT2D eigenvalue weighted by molar-refractivity contribution is 7.89. The number of amides is 1. The first kappa shape index (κ1) is 21.7. The third-order valence-corrected chi connectivity index (χ3v) is 6.67. The van der Waals surface area contributed by atoms with Crippen molar-refractivity contribution in [1.82, 2.24) is 24.8 Å². The van der Waals surface area contributed by atoms with E-state index in [9.17, 15) is 13.2 Å². The summed E-state index contributed by atoms with van der Waals surface area (Å²) in [6, 6.07) is 4.90. The van der Waals surface area contributed by atoms with Crippen molar-refractivity contribution in [3.63, 3.8) is 0 Å². The normalized spacial score (nSPS) is 15.6. The Balaban J connectivity index is 1.69. The molecule has 0 radical (unpaired) electrons. The molecule has 0 saturated heterocycles. The van der Waals surface area contributed by atoms with E-state index in [4.69, 9.17) is 11.6 Å². The number of benzene rings is 1. The van der Waals surface area contributed by atoms with Gasteiger partial charge in [0.25, 0.3) is 0 Å². The first-order chi connectivity index (χ1) is 13.8. The zero-order valence-corrected chi connectivity index (χ0v) is 18.1. The summed E-state index contributed by atoms with van der Waals surface area (Å²) in [5.74, 6) is 0.991. The van der Waals surface area contributed by atoms with Crippen LogP contribution in [0.25, 0.3) is 0 Å². The SMILES string of the molecule is CC(C)[C@H](NS(=O)(=O)c1ccc(Cl)cc1)C(=O)NCc1nnc2n1CCCCC2. The average molecular weight is 440 g/mol. The van der Waals surface area contributed by atoms with Gasteiger partial charge >= 0.3 is 0 Å². The van der Waals surface area contributed by atoms with Gasteiger partial charge in [-0.2, -0.15) is 4.72 Å². The number of rotatable bonds is 7. The van der Waals surface area contributed by atoms with Gasteiger partial charge in [0.2, 0.25) is 15.9 Å². The van der Waals surface area contributed by atoms with Crippen LogP contribution in [0.15, 0.2) is 29.2 Å². The number of sulfonamides is 1. The number of carbonyl (C=O) groups is 1. The minimum absolute atomic E-state index is 0.0585. The molecule has 29 heavy (non-hydrogen) atoms. The highest BCUT2D eigenvalue weighted by Gasteiger charge is 2.28. The van der Waals surface area contributed by atoms with Crippen LogP contribution >= 0.6 is 11.6 Å². The second kappa shape index (κ2) is 9.23. The van der Waals surface area contributed by atoms with E-state index in [0.717, 1.165) is 38.1 Å². The van der Waals surface area contributed by atoms with Crippen LogP contribution in [-0.2, 0) is 34.3 Å². The molecule has 3 rings (SSSR count). The van der Waals surface area contributed by atoms with Gasteiger partial charge < -0.3 is 9.88 Å². The smallest absolute Gasteiger partial charge is 0.241 e. The lowest BCUT2D eigenvalue weighted by Crippen LogP contribution is -2.49. The first-order valence-corrected chi connectivity index (χ1v) is 11.6. The number of fused-ring (bicyclic) bond motifs is 1. The minimum atomic E-state index is -3.86. The molecule has 2 N–H and O–H groups in total. The van der Waals surface area contributed by atoms with Gasteiger partial charge in [-0.3, -0.25) is 4.79 Å². The van der Waals surface area contributed by atoms with Crippen molar-refractivity contribution < 1.29 is 13.2 Å². The van der Waals surface area contributed by atoms with Gasteiger partial charge in [-0.1, -0.05) is 31.9 Å². The highest BCUT2D eigenvalue weighted by Crippen LogP contribution is 2.17. The summed E-state index contributed by atoms with van der Waals surface area (Å²) < 4.78 is 29.9. The molecule has 2 aromatic rings. The Morgan fingerprint density at radius 2 is 1.90 bits per heavy atom. The fourth-order valence-electron chi connectivity index (χ4n) is 3.29. The quantitative estimate of drug-likeness (QED) is 0.688. The fraction of sp³-hybridized carbons (Fsp3) is 0.526. The summed E-state index contributed by atoms with van der Waals surface area (Å²) >= 11 is 5.83. The molecule has 1 aromatic heterocycles. The number of hydrogen-bond donors (Lipinski definition) is 2. The van der Waals surface area contributed by atoms with Gasteiger partial charge in [-0.25, -0.2) is 8.42 Å². The van der Waals surface area contributed by atoms with E-state index in [1.165, 1.54) is 24.3 Å². The number of aromatic nitrogens is 3. The van der Waals surface area contributed by atoms with E-state index >= 15 is 0 Å². The van der Waals surface area contributed by atoms with Crippen molar-refractivity contribution in [3.05, 3.63) is 40.9 Å². The van der Waals surface area contributed by atoms with Crippen molar-refractivity contribution in [3.8, 4) is 0 Å². The molecule has 2 heterocycles. The maximum atomic E-state index is 12.8. The predicted molar refractivity (Wildman–Crippen MR) is 110 cm³/mol. The summed E-state index contributed by atoms with van der Waals surface area (Å²) in [5, 5.41) is 11.7. The Kier molecular flexibility index (Phi) is 6.92. The van der Waals surface area contributed by atoms with Gasteiger partial charge in [0.1, 0.15) is 11.9 Å². The molecule has 0 aliphatic carbocycles. The summed E-state index contributed by atoms with van der Waals surface area (Å²) in [5.41, 5.74) is 0. The first-order valence-electron chi connectivity index (χ1n) is 9.74. The molecule has 1 atom stereocenters. The Bertz CT molecular complexity index is 957. The van der Waals surface area contributed by atoms with Crippen molar-refractivity contribution in [2.24, 2.45) is 5.92 Å². The monoisotopic (exact) mass is 439 g/mol. The maximum absolute atomic E-state index is 12.8. The van der Waals surface area contributed by atoms with E-state index < -0.39 is 22.0 Å². The van der Waals surface area contributed by atoms with Crippen molar-refractivity contribution in [1.29, 1.82) is 0 Å². The molecule has 0 unspecified atom stereocenters. The predicted octanol–water partition coefficient (Wildman–Crippen LogP) is 2.28. The maximum Gasteiger partial charge on any atom is 0.241 e. The lowest BCUT2D eigenvalue weighted by Gasteiger charge is -2.21. The molecule has 1 aliphatic heterocycles. The molecule has 10 heteroatoms. The van der Waals surface area contributed by atoms with Crippen molar-refractivity contribution in [2.75, 3.05) is 0 Å². The standard InChI is InChI=1S/C19H26ClN5O3S/c1-13(2)18(24-29(27,28)15-9-7-14(20)8-10-15)19(26)21-12-17-23-22-16-6-4-3-5-11-25(16)17/h7-10,13,18,24H,3-6,11-12H2,1-2H3,(H,21,26)/t18-/m0/s1. The number of hydrogen-bond acceptors (Lipinski definition) is 5. The Labute approximate surface area is 176 Å². The van der Waals surface area contributed by atoms with Crippen molar-refractivity contribution >= 4 is 27.5 Å². The molecule has 1 aromatic carbocycles. The van der Waals surface area contributed by atoms with Crippen LogP contribution in [0.1, 0.15) is 44.8 Å². The van der Waals surface area contributed by atoms with Crippen LogP contribution in [0.4, 0.5) is 0 Å². The molecular weight excluding hydrogens is 414 g/mol. The number of nitrogens with zero attached hydrogens (tertiary/aromatic N) is 3. The Morgan fingerprint density at radius 3 is 2.59 bits per heavy atom. The Hall–Kier alpha value is -1.97. The van der Waals surface area contributed by atoms with E-state index in [0.29, 0.717) is 10.8 Å².